The van der Waals surface area contributed by atoms with Crippen LogP contribution >= 0.6 is 15.9 Å². The predicted molar refractivity (Wildman–Crippen MR) is 83.2 cm³/mol. The highest BCUT2D eigenvalue weighted by Gasteiger charge is 2.37. The molecule has 1 aliphatic rings. The number of carbonyl (C=O) groups excluding carboxylic acids is 1. The van der Waals surface area contributed by atoms with Crippen molar-refractivity contribution >= 4 is 27.5 Å². The van der Waals surface area contributed by atoms with Gasteiger partial charge in [-0.15, -0.1) is 0 Å². The normalized spacial score (nSPS) is 22.0. The summed E-state index contributed by atoms with van der Waals surface area (Å²) < 4.78 is 1.04. The van der Waals surface area contributed by atoms with Crippen LogP contribution in [0.15, 0.2) is 22.7 Å². The van der Waals surface area contributed by atoms with E-state index in [4.69, 9.17) is 0 Å². The second kappa shape index (κ2) is 5.66. The molecule has 1 atom stereocenters. The first-order valence-corrected chi connectivity index (χ1v) is 7.77. The summed E-state index contributed by atoms with van der Waals surface area (Å²) in [6, 6.07) is 5.92. The zero-order valence-electron chi connectivity index (χ0n) is 11.9. The monoisotopic (exact) mass is 323 g/mol. The molecule has 1 aromatic rings. The molecule has 1 unspecified atom stereocenters. The third-order valence-electron chi connectivity index (χ3n) is 4.35. The van der Waals surface area contributed by atoms with Crippen LogP contribution in [0.2, 0.25) is 0 Å². The molecule has 0 bridgehead atoms. The molecule has 0 spiro atoms. The Kier molecular flexibility index (Phi) is 4.34. The SMILES string of the molecule is Cc1c(Br)cccc1NC(=O)C1CCCCC1(C)C. The lowest BCUT2D eigenvalue weighted by Crippen LogP contribution is -2.37. The van der Waals surface area contributed by atoms with Gasteiger partial charge in [0, 0.05) is 16.1 Å². The van der Waals surface area contributed by atoms with Crippen molar-refractivity contribution in [2.45, 2.75) is 46.5 Å². The molecular formula is C16H22BrNO. The summed E-state index contributed by atoms with van der Waals surface area (Å²) in [6.45, 7) is 6.44. The maximum atomic E-state index is 12.5. The van der Waals surface area contributed by atoms with Gasteiger partial charge in [0.15, 0.2) is 0 Å². The number of halogens is 1. The molecule has 0 saturated heterocycles. The molecule has 104 valence electrons. The Labute approximate surface area is 124 Å². The van der Waals surface area contributed by atoms with Gasteiger partial charge in [0.25, 0.3) is 0 Å². The lowest BCUT2D eigenvalue weighted by Gasteiger charge is -2.37. The highest BCUT2D eigenvalue weighted by Crippen LogP contribution is 2.41. The molecule has 2 nitrogen and oxygen atoms in total. The van der Waals surface area contributed by atoms with Crippen molar-refractivity contribution in [3.8, 4) is 0 Å². The predicted octanol–water partition coefficient (Wildman–Crippen LogP) is 4.91. The summed E-state index contributed by atoms with van der Waals surface area (Å²) in [4.78, 5) is 12.5. The molecular weight excluding hydrogens is 302 g/mol. The molecule has 1 aromatic carbocycles. The maximum absolute atomic E-state index is 12.5. The van der Waals surface area contributed by atoms with Crippen LogP contribution in [0.4, 0.5) is 5.69 Å². The largest absolute Gasteiger partial charge is 0.326 e. The van der Waals surface area contributed by atoms with Gasteiger partial charge in [0.05, 0.1) is 0 Å². The van der Waals surface area contributed by atoms with Crippen LogP contribution in [0, 0.1) is 18.3 Å². The van der Waals surface area contributed by atoms with Crippen LogP contribution in [-0.4, -0.2) is 5.91 Å². The minimum absolute atomic E-state index is 0.113. The fraction of sp³-hybridized carbons (Fsp3) is 0.562. The minimum atomic E-state index is 0.113. The number of nitrogens with one attached hydrogen (secondary N) is 1. The standard InChI is InChI=1S/C16H22BrNO/c1-11-13(17)8-6-9-14(11)18-15(19)12-7-4-5-10-16(12,2)3/h6,8-9,12H,4-5,7,10H2,1-3H3,(H,18,19). The molecule has 0 radical (unpaired) electrons. The lowest BCUT2D eigenvalue weighted by molar-refractivity contribution is -0.124. The molecule has 2 rings (SSSR count). The van der Waals surface area contributed by atoms with E-state index in [1.807, 2.05) is 25.1 Å². The maximum Gasteiger partial charge on any atom is 0.228 e. The van der Waals surface area contributed by atoms with E-state index in [0.29, 0.717) is 0 Å². The van der Waals surface area contributed by atoms with Gasteiger partial charge in [-0.25, -0.2) is 0 Å². The fourth-order valence-electron chi connectivity index (χ4n) is 2.94. The lowest BCUT2D eigenvalue weighted by atomic mass is 9.68. The summed E-state index contributed by atoms with van der Waals surface area (Å²) in [7, 11) is 0. The summed E-state index contributed by atoms with van der Waals surface area (Å²) in [5.74, 6) is 0.297. The average Bonchev–Trinajstić information content (AvgIpc) is 2.34. The molecule has 0 heterocycles. The fourth-order valence-corrected chi connectivity index (χ4v) is 3.31. The van der Waals surface area contributed by atoms with E-state index in [2.05, 4.69) is 35.1 Å². The molecule has 1 saturated carbocycles. The molecule has 1 aliphatic carbocycles. The number of rotatable bonds is 2. The van der Waals surface area contributed by atoms with Gasteiger partial charge >= 0.3 is 0 Å². The topological polar surface area (TPSA) is 29.1 Å². The Balaban J connectivity index is 2.14. The van der Waals surface area contributed by atoms with Crippen LogP contribution in [0.1, 0.15) is 45.1 Å². The molecule has 0 aromatic heterocycles. The van der Waals surface area contributed by atoms with Crippen molar-refractivity contribution in [1.82, 2.24) is 0 Å². The van der Waals surface area contributed by atoms with Crippen LogP contribution in [0.3, 0.4) is 0 Å². The number of hydrogen-bond acceptors (Lipinski definition) is 1. The molecule has 19 heavy (non-hydrogen) atoms. The van der Waals surface area contributed by atoms with Gasteiger partial charge in [0.1, 0.15) is 0 Å². The van der Waals surface area contributed by atoms with Gasteiger partial charge in [-0.2, -0.15) is 0 Å². The van der Waals surface area contributed by atoms with Gasteiger partial charge in [-0.05, 0) is 42.9 Å². The van der Waals surface area contributed by atoms with E-state index in [-0.39, 0.29) is 17.2 Å². The third kappa shape index (κ3) is 3.19. The van der Waals surface area contributed by atoms with E-state index in [9.17, 15) is 4.79 Å². The van der Waals surface area contributed by atoms with Gasteiger partial charge in [-0.3, -0.25) is 4.79 Å². The zero-order chi connectivity index (χ0) is 14.0. The Bertz CT molecular complexity index is 482. The highest BCUT2D eigenvalue weighted by molar-refractivity contribution is 9.10. The molecule has 3 heteroatoms. The first-order valence-electron chi connectivity index (χ1n) is 6.98. The number of amides is 1. The van der Waals surface area contributed by atoms with E-state index in [0.717, 1.165) is 28.6 Å². The zero-order valence-corrected chi connectivity index (χ0v) is 13.5. The van der Waals surface area contributed by atoms with Crippen molar-refractivity contribution in [2.24, 2.45) is 11.3 Å². The molecule has 1 fully saturated rings. The average molecular weight is 324 g/mol. The highest BCUT2D eigenvalue weighted by atomic mass is 79.9. The van der Waals surface area contributed by atoms with Crippen molar-refractivity contribution < 1.29 is 4.79 Å². The van der Waals surface area contributed by atoms with E-state index in [1.54, 1.807) is 0 Å². The second-order valence-electron chi connectivity index (χ2n) is 6.19. The van der Waals surface area contributed by atoms with Crippen molar-refractivity contribution in [1.29, 1.82) is 0 Å². The van der Waals surface area contributed by atoms with Crippen molar-refractivity contribution in [3.05, 3.63) is 28.2 Å². The number of hydrogen-bond donors (Lipinski definition) is 1. The van der Waals surface area contributed by atoms with Crippen LogP contribution in [-0.2, 0) is 4.79 Å². The first kappa shape index (κ1) is 14.6. The Morgan fingerprint density at radius 3 is 2.79 bits per heavy atom. The van der Waals surface area contributed by atoms with Crippen LogP contribution < -0.4 is 5.32 Å². The Morgan fingerprint density at radius 2 is 2.11 bits per heavy atom. The van der Waals surface area contributed by atoms with E-state index >= 15 is 0 Å². The minimum Gasteiger partial charge on any atom is -0.326 e. The quantitative estimate of drug-likeness (QED) is 0.822. The number of benzene rings is 1. The molecule has 1 amide bonds. The number of carbonyl (C=O) groups is 1. The van der Waals surface area contributed by atoms with Crippen molar-refractivity contribution in [3.63, 3.8) is 0 Å². The number of anilines is 1. The van der Waals surface area contributed by atoms with Crippen molar-refractivity contribution in [2.75, 3.05) is 5.32 Å². The first-order chi connectivity index (χ1) is 8.92. The second-order valence-corrected chi connectivity index (χ2v) is 7.04. The summed E-state index contributed by atoms with van der Waals surface area (Å²) >= 11 is 3.50. The smallest absolute Gasteiger partial charge is 0.228 e. The van der Waals surface area contributed by atoms with Gasteiger partial charge in [0.2, 0.25) is 5.91 Å². The van der Waals surface area contributed by atoms with E-state index in [1.165, 1.54) is 12.8 Å². The Morgan fingerprint density at radius 1 is 1.37 bits per heavy atom. The molecule has 0 aliphatic heterocycles. The van der Waals surface area contributed by atoms with Crippen LogP contribution in [0.25, 0.3) is 0 Å². The third-order valence-corrected chi connectivity index (χ3v) is 5.21. The van der Waals surface area contributed by atoms with Gasteiger partial charge < -0.3 is 5.32 Å². The van der Waals surface area contributed by atoms with Gasteiger partial charge in [-0.1, -0.05) is 48.7 Å². The summed E-state index contributed by atoms with van der Waals surface area (Å²) in [5, 5.41) is 3.11. The van der Waals surface area contributed by atoms with E-state index < -0.39 is 0 Å². The molecule has 1 N–H and O–H groups in total. The summed E-state index contributed by atoms with van der Waals surface area (Å²) in [5.41, 5.74) is 2.12. The summed E-state index contributed by atoms with van der Waals surface area (Å²) in [6.07, 6.45) is 4.56. The van der Waals surface area contributed by atoms with Crippen LogP contribution in [0.5, 0.6) is 0 Å². The Hall–Kier alpha value is -0.830.